The minimum absolute atomic E-state index is 0.0103. The first-order valence-corrected chi connectivity index (χ1v) is 14.0. The Bertz CT molecular complexity index is 1370. The van der Waals surface area contributed by atoms with Crippen LogP contribution in [0.3, 0.4) is 0 Å². The third-order valence-corrected chi connectivity index (χ3v) is 7.36. The van der Waals surface area contributed by atoms with Gasteiger partial charge >= 0.3 is 12.4 Å². The fourth-order valence-corrected chi connectivity index (χ4v) is 5.10. The number of aryl methyl sites for hydroxylation is 1. The summed E-state index contributed by atoms with van der Waals surface area (Å²) in [5, 5.41) is 0. The quantitative estimate of drug-likeness (QED) is 0.137. The highest BCUT2D eigenvalue weighted by Gasteiger charge is 2.39. The zero-order chi connectivity index (χ0) is 31.9. The monoisotopic (exact) mass is 624 g/mol. The zero-order valence-corrected chi connectivity index (χ0v) is 24.4. The van der Waals surface area contributed by atoms with E-state index in [-0.39, 0.29) is 19.4 Å². The van der Waals surface area contributed by atoms with E-state index in [0.717, 1.165) is 16.7 Å². The van der Waals surface area contributed by atoms with Gasteiger partial charge in [-0.2, -0.15) is 26.3 Å². The van der Waals surface area contributed by atoms with Crippen LogP contribution in [-0.2, 0) is 34.8 Å². The van der Waals surface area contributed by atoms with Crippen LogP contribution in [0.25, 0.3) is 0 Å². The van der Waals surface area contributed by atoms with Gasteiger partial charge in [0, 0.05) is 44.9 Å². The minimum atomic E-state index is -5.06. The van der Waals surface area contributed by atoms with Crippen molar-refractivity contribution in [3.63, 3.8) is 0 Å². The van der Waals surface area contributed by atoms with Crippen LogP contribution in [0.15, 0.2) is 66.7 Å². The van der Waals surface area contributed by atoms with E-state index in [1.165, 1.54) is 4.90 Å². The molecule has 1 aliphatic heterocycles. The molecule has 238 valence electrons. The summed E-state index contributed by atoms with van der Waals surface area (Å²) in [7, 11) is 1.56. The molecule has 4 rings (SSSR count). The van der Waals surface area contributed by atoms with Crippen LogP contribution in [0.2, 0.25) is 0 Å². The number of rotatable bonds is 11. The fraction of sp³-hybridized carbons (Fsp3) is 0.406. The van der Waals surface area contributed by atoms with Gasteiger partial charge in [0.2, 0.25) is 0 Å². The maximum absolute atomic E-state index is 13.7. The Morgan fingerprint density at radius 2 is 1.55 bits per heavy atom. The van der Waals surface area contributed by atoms with Crippen molar-refractivity contribution in [1.82, 2.24) is 9.80 Å². The van der Waals surface area contributed by atoms with Crippen molar-refractivity contribution in [2.24, 2.45) is 0 Å². The molecular weight excluding hydrogens is 590 g/mol. The lowest BCUT2D eigenvalue weighted by Gasteiger charge is -2.42. The van der Waals surface area contributed by atoms with E-state index in [0.29, 0.717) is 57.2 Å². The summed E-state index contributed by atoms with van der Waals surface area (Å²) in [6.07, 6.45) is -9.82. The van der Waals surface area contributed by atoms with Gasteiger partial charge in [-0.25, -0.2) is 0 Å². The van der Waals surface area contributed by atoms with Crippen molar-refractivity contribution in [3.8, 4) is 5.75 Å². The number of piperazine rings is 1. The van der Waals surface area contributed by atoms with Crippen molar-refractivity contribution >= 4 is 5.91 Å². The highest BCUT2D eigenvalue weighted by atomic mass is 19.4. The molecule has 3 aromatic carbocycles. The molecular formula is C32H34F6N2O4. The van der Waals surface area contributed by atoms with E-state index < -0.39 is 41.0 Å². The number of ether oxygens (including phenoxy) is 3. The minimum Gasteiger partial charge on any atom is -0.467 e. The van der Waals surface area contributed by atoms with Crippen molar-refractivity contribution in [2.45, 2.75) is 38.3 Å². The lowest BCUT2D eigenvalue weighted by Crippen LogP contribution is -2.55. The van der Waals surface area contributed by atoms with Crippen molar-refractivity contribution in [1.29, 1.82) is 0 Å². The molecule has 44 heavy (non-hydrogen) atoms. The Morgan fingerprint density at radius 1 is 0.864 bits per heavy atom. The fourth-order valence-electron chi connectivity index (χ4n) is 5.10. The number of amides is 1. The zero-order valence-electron chi connectivity index (χ0n) is 24.4. The number of hydrogen-bond donors (Lipinski definition) is 0. The van der Waals surface area contributed by atoms with E-state index in [1.54, 1.807) is 13.2 Å². The van der Waals surface area contributed by atoms with Gasteiger partial charge in [0.15, 0.2) is 6.79 Å². The molecule has 1 saturated heterocycles. The lowest BCUT2D eigenvalue weighted by atomic mass is 9.98. The molecule has 1 fully saturated rings. The Morgan fingerprint density at radius 3 is 2.18 bits per heavy atom. The molecule has 1 amide bonds. The maximum Gasteiger partial charge on any atom is 0.416 e. The number of benzene rings is 3. The van der Waals surface area contributed by atoms with Crippen LogP contribution in [0, 0.1) is 6.92 Å². The van der Waals surface area contributed by atoms with Crippen LogP contribution in [0.4, 0.5) is 26.3 Å². The predicted octanol–water partition coefficient (Wildman–Crippen LogP) is 6.60. The summed E-state index contributed by atoms with van der Waals surface area (Å²) < 4.78 is 97.5. The molecule has 0 N–H and O–H groups in total. The molecule has 0 spiro atoms. The lowest BCUT2D eigenvalue weighted by molar-refractivity contribution is -0.143. The van der Waals surface area contributed by atoms with Gasteiger partial charge in [0.1, 0.15) is 5.75 Å². The van der Waals surface area contributed by atoms with E-state index in [1.807, 2.05) is 49.4 Å². The number of methoxy groups -OCH3 is 1. The van der Waals surface area contributed by atoms with Gasteiger partial charge in [0.25, 0.3) is 5.91 Å². The summed E-state index contributed by atoms with van der Waals surface area (Å²) in [6.45, 7) is 4.04. The van der Waals surface area contributed by atoms with Gasteiger partial charge in [-0.15, -0.1) is 0 Å². The van der Waals surface area contributed by atoms with Crippen LogP contribution < -0.4 is 4.74 Å². The first-order chi connectivity index (χ1) is 20.8. The second kappa shape index (κ2) is 14.4. The highest BCUT2D eigenvalue weighted by molar-refractivity contribution is 5.95. The molecule has 12 heteroatoms. The molecule has 0 radical (unpaired) electrons. The average molecular weight is 625 g/mol. The van der Waals surface area contributed by atoms with E-state index in [4.69, 9.17) is 14.2 Å². The van der Waals surface area contributed by atoms with Crippen LogP contribution in [-0.4, -0.2) is 68.5 Å². The van der Waals surface area contributed by atoms with Crippen molar-refractivity contribution < 1.29 is 45.3 Å². The van der Waals surface area contributed by atoms with Crippen LogP contribution >= 0.6 is 0 Å². The normalized spacial score (nSPS) is 16.3. The Balaban J connectivity index is 1.62. The van der Waals surface area contributed by atoms with Crippen molar-refractivity contribution in [3.05, 3.63) is 100 Å². The molecule has 3 aromatic rings. The molecule has 0 bridgehead atoms. The van der Waals surface area contributed by atoms with Crippen molar-refractivity contribution in [2.75, 3.05) is 46.8 Å². The predicted molar refractivity (Wildman–Crippen MR) is 151 cm³/mol. The molecule has 0 aliphatic carbocycles. The number of carbonyl (C=O) groups is 1. The molecule has 1 aliphatic rings. The molecule has 0 saturated carbocycles. The van der Waals surface area contributed by atoms with Gasteiger partial charge in [-0.1, -0.05) is 42.5 Å². The summed E-state index contributed by atoms with van der Waals surface area (Å²) in [5.74, 6) is -0.330. The second-order valence-corrected chi connectivity index (χ2v) is 10.6. The van der Waals surface area contributed by atoms with Gasteiger partial charge in [-0.3, -0.25) is 9.69 Å². The Kier molecular flexibility index (Phi) is 10.9. The summed E-state index contributed by atoms with van der Waals surface area (Å²) in [5.41, 5.74) is -1.04. The van der Waals surface area contributed by atoms with Crippen LogP contribution in [0.1, 0.15) is 38.2 Å². The molecule has 0 aromatic heterocycles. The summed E-state index contributed by atoms with van der Waals surface area (Å²) in [6, 6.07) is 15.6. The Labute approximate surface area is 252 Å². The largest absolute Gasteiger partial charge is 0.467 e. The van der Waals surface area contributed by atoms with E-state index in [9.17, 15) is 31.1 Å². The molecule has 0 unspecified atom stereocenters. The molecule has 1 atom stereocenters. The number of alkyl halides is 6. The van der Waals surface area contributed by atoms with E-state index in [2.05, 4.69) is 4.90 Å². The number of halogens is 6. The summed E-state index contributed by atoms with van der Waals surface area (Å²) in [4.78, 5) is 17.2. The second-order valence-electron chi connectivity index (χ2n) is 10.6. The first-order valence-electron chi connectivity index (χ1n) is 14.0. The summed E-state index contributed by atoms with van der Waals surface area (Å²) >= 11 is 0. The topological polar surface area (TPSA) is 51.2 Å². The van der Waals surface area contributed by atoms with Gasteiger partial charge < -0.3 is 19.1 Å². The van der Waals surface area contributed by atoms with Gasteiger partial charge in [-0.05, 0) is 54.3 Å². The third-order valence-electron chi connectivity index (χ3n) is 7.36. The number of hydrogen-bond acceptors (Lipinski definition) is 5. The molecule has 1 heterocycles. The number of carbonyl (C=O) groups excluding carboxylic acids is 1. The van der Waals surface area contributed by atoms with Crippen LogP contribution in [0.5, 0.6) is 5.75 Å². The smallest absolute Gasteiger partial charge is 0.416 e. The SMILES string of the molecule is COCCOCOc1cc(C[C@@H]2CN(Cc3ccccc3)CCN2C(=O)c2cc(C(F)(F)F)cc(C(F)(F)F)c2)ccc1C. The molecule has 6 nitrogen and oxygen atoms in total. The first kappa shape index (κ1) is 33.3. The van der Waals surface area contributed by atoms with E-state index >= 15 is 0 Å². The highest BCUT2D eigenvalue weighted by Crippen LogP contribution is 2.37. The third kappa shape index (κ3) is 8.96. The Hall–Kier alpha value is -3.61. The maximum atomic E-state index is 13.7. The number of nitrogens with zero attached hydrogens (tertiary/aromatic N) is 2. The van der Waals surface area contributed by atoms with Gasteiger partial charge in [0.05, 0.1) is 24.3 Å². The average Bonchev–Trinajstić information content (AvgIpc) is 2.98. The standard InChI is InChI=1S/C32H34F6N2O4/c1-22-8-9-24(15-29(22)44-21-43-13-12-42-2)14-28-20-39(19-23-6-4-3-5-7-23)10-11-40(28)30(41)25-16-26(31(33,34)35)18-27(17-25)32(36,37)38/h3-9,15-18,28H,10-14,19-21H2,1-2H3/t28-/m1/s1.